The first kappa shape index (κ1) is 99.0. The van der Waals surface area contributed by atoms with Crippen LogP contribution in [0.5, 0.6) is 0 Å². The monoisotopic (exact) mass is 1480 g/mol. The minimum absolute atomic E-state index is 0. The molecule has 3 unspecified atom stereocenters. The molecule has 373 valence electrons. The number of rotatable bonds is 11. The molecule has 2 fully saturated rings. The van der Waals surface area contributed by atoms with Crippen molar-refractivity contribution >= 4 is 146 Å². The predicted molar refractivity (Wildman–Crippen MR) is 288 cm³/mol. The molecule has 2 saturated carbocycles. The van der Waals surface area contributed by atoms with Gasteiger partial charge in [0.15, 0.2) is 0 Å². The van der Waals surface area contributed by atoms with E-state index in [2.05, 4.69) is 152 Å². The molecule has 3 radical (unpaired) electrons. The van der Waals surface area contributed by atoms with Gasteiger partial charge in [-0.05, 0) is 68.9 Å². The number of Topliss-reactive ketones (excluding diaryl/α,β-unsaturated/α-hetero) is 2. The van der Waals surface area contributed by atoms with Crippen molar-refractivity contribution in [3.8, 4) is 0 Å². The molecule has 0 bridgehead atoms. The Morgan fingerprint density at radius 2 is 0.766 bits per heavy atom. The van der Waals surface area contributed by atoms with Gasteiger partial charge in [-0.15, -0.1) is 0 Å². The molecular formula is C44H70Fe2I3O9P3V3-6. The summed E-state index contributed by atoms with van der Waals surface area (Å²) in [6.45, 7) is 22.2. The Bertz CT molecular complexity index is 1230. The van der Waals surface area contributed by atoms with E-state index in [1.807, 2.05) is 18.2 Å². The summed E-state index contributed by atoms with van der Waals surface area (Å²) in [5, 5.41) is 0. The van der Waals surface area contributed by atoms with Gasteiger partial charge in [0.1, 0.15) is 17.1 Å². The average Bonchev–Trinajstić information content (AvgIpc) is 4.02. The van der Waals surface area contributed by atoms with Gasteiger partial charge in [0.25, 0.3) is 0 Å². The maximum Gasteiger partial charge on any atom is 0 e. The minimum Gasteiger partial charge on any atom is 0 e. The van der Waals surface area contributed by atoms with Gasteiger partial charge in [0.05, 0.1) is 6.26 Å². The Labute approximate surface area is 488 Å². The van der Waals surface area contributed by atoms with Gasteiger partial charge in [-0.25, -0.2) is 0 Å². The molecule has 2 aromatic rings. The van der Waals surface area contributed by atoms with Crippen LogP contribution < -0.4 is 0 Å². The van der Waals surface area contributed by atoms with Gasteiger partial charge in [0.2, 0.25) is 0 Å². The van der Waals surface area contributed by atoms with Gasteiger partial charge < -0.3 is 38.8 Å². The van der Waals surface area contributed by atoms with E-state index in [1.165, 1.54) is 87.8 Å². The van der Waals surface area contributed by atoms with E-state index < -0.39 is 0 Å². The van der Waals surface area contributed by atoms with Gasteiger partial charge in [-0.2, -0.15) is 19.8 Å². The molecule has 9 nitrogen and oxygen atoms in total. The fourth-order valence-corrected chi connectivity index (χ4v) is 6.88. The quantitative estimate of drug-likeness (QED) is 0.0314. The SMILES string of the molecule is C1CCCC1.C1CCCC1.C=COC(C)=O.CC(=O)Cc1cc(CPC(C)=O)cc(CC(C)=O)c1.ICc1cc(CI)cc(CI)c1.P.P.[CH-]=O.[CH-]=O.[CH-]=O.[CH-]=O.[CH3-].[CH3-].[Fe]=[Fe].[V].[V].[V]. The van der Waals surface area contributed by atoms with Crippen molar-refractivity contribution in [2.24, 2.45) is 0 Å². The Morgan fingerprint density at radius 1 is 0.547 bits per heavy atom. The molecule has 0 aliphatic heterocycles. The number of carbonyl (C=O) groups is 4. The number of halogens is 3. The van der Waals surface area contributed by atoms with Crippen LogP contribution in [0.4, 0.5) is 0 Å². The molecule has 0 spiro atoms. The number of carbonyl (C=O) groups excluding carboxylic acids is 8. The third-order valence-corrected chi connectivity index (χ3v) is 10.6. The molecule has 4 rings (SSSR count). The second-order valence-corrected chi connectivity index (χ2v) is 15.4. The normalized spacial score (nSPS) is 9.89. The largest absolute Gasteiger partial charge is 0 e. The van der Waals surface area contributed by atoms with E-state index in [1.54, 1.807) is 20.8 Å². The predicted octanol–water partition coefficient (Wildman–Crippen LogP) is 11.7. The van der Waals surface area contributed by atoms with E-state index in [0.29, 0.717) is 19.0 Å². The fourth-order valence-electron chi connectivity index (χ4n) is 4.90. The van der Waals surface area contributed by atoms with E-state index in [-0.39, 0.29) is 122 Å². The molecule has 0 amide bonds. The van der Waals surface area contributed by atoms with Crippen molar-refractivity contribution in [3.05, 3.63) is 97.5 Å². The van der Waals surface area contributed by atoms with Crippen LogP contribution in [0.15, 0.2) is 49.2 Å². The zero-order chi connectivity index (χ0) is 45.5. The Morgan fingerprint density at radius 3 is 0.922 bits per heavy atom. The molecule has 0 aromatic heterocycles. The van der Waals surface area contributed by atoms with Crippen LogP contribution in [0.1, 0.15) is 125 Å². The second kappa shape index (κ2) is 81.6. The van der Waals surface area contributed by atoms with Crippen molar-refractivity contribution in [1.29, 1.82) is 0 Å². The molecule has 20 heteroatoms. The van der Waals surface area contributed by atoms with Gasteiger partial charge in [-0.1, -0.05) is 175 Å². The number of benzene rings is 2. The van der Waals surface area contributed by atoms with Crippen molar-refractivity contribution in [3.63, 3.8) is 0 Å². The van der Waals surface area contributed by atoms with E-state index >= 15 is 0 Å². The molecule has 0 heterocycles. The number of ketones is 2. The number of hydrogen-bond acceptors (Lipinski definition) is 9. The van der Waals surface area contributed by atoms with Crippen LogP contribution in [0.25, 0.3) is 0 Å². The zero-order valence-electron chi connectivity index (χ0n) is 38.1. The van der Waals surface area contributed by atoms with Gasteiger partial charge >= 0.3 is 33.3 Å². The third kappa shape index (κ3) is 75.1. The number of esters is 1. The molecule has 2 aliphatic rings. The first-order chi connectivity index (χ1) is 27.4. The van der Waals surface area contributed by atoms with Crippen LogP contribution in [-0.2, 0) is 158 Å². The fraction of sp³-hybridized carbons (Fsp3) is 0.455. The van der Waals surface area contributed by atoms with Crippen molar-refractivity contribution in [2.45, 2.75) is 124 Å². The average molecular weight is 1480 g/mol. The first-order valence-electron chi connectivity index (χ1n) is 17.4. The number of hydrogen-bond donors (Lipinski definition) is 0. The third-order valence-electron chi connectivity index (χ3n) is 6.88. The maximum absolute atomic E-state index is 11.2. The Balaban J connectivity index is -0.0000000459. The Hall–Kier alpha value is 1.61. The van der Waals surface area contributed by atoms with Crippen molar-refractivity contribution in [1.82, 2.24) is 0 Å². The van der Waals surface area contributed by atoms with Gasteiger partial charge in [0, 0.05) is 88.7 Å². The summed E-state index contributed by atoms with van der Waals surface area (Å²) in [5.41, 5.74) is 7.42. The molecule has 3 atom stereocenters. The van der Waals surface area contributed by atoms with Crippen LogP contribution in [0, 0.1) is 14.9 Å². The molecule has 2 aliphatic carbocycles. The van der Waals surface area contributed by atoms with E-state index in [0.717, 1.165) is 36.2 Å². The van der Waals surface area contributed by atoms with Crippen LogP contribution in [0.2, 0.25) is 0 Å². The summed E-state index contributed by atoms with van der Waals surface area (Å²) >= 11 is 13.2. The summed E-state index contributed by atoms with van der Waals surface area (Å²) in [4.78, 5) is 74.2. The first-order valence-corrected chi connectivity index (χ1v) is 25.2. The smallest absolute Gasteiger partial charge is 0 e. The molecule has 64 heavy (non-hydrogen) atoms. The molecule has 0 N–H and O–H groups in total. The van der Waals surface area contributed by atoms with Gasteiger partial charge in [-0.3, -0.25) is 46.3 Å². The summed E-state index contributed by atoms with van der Waals surface area (Å²) < 4.78 is 7.52. The minimum atomic E-state index is -0.329. The summed E-state index contributed by atoms with van der Waals surface area (Å²) in [6.07, 6.45) is 17.5. The zero-order valence-corrected chi connectivity index (χ0v) is 54.8. The van der Waals surface area contributed by atoms with Crippen LogP contribution in [-0.4, -0.2) is 50.2 Å². The summed E-state index contributed by atoms with van der Waals surface area (Å²) in [7, 11) is 0.242. The molecule has 2 aromatic carbocycles. The Kier molecular flexibility index (Phi) is 126. The summed E-state index contributed by atoms with van der Waals surface area (Å²) in [5.74, 6) is -0.134. The topological polar surface area (TPSA) is 146 Å². The van der Waals surface area contributed by atoms with E-state index in [4.69, 9.17) is 19.2 Å². The second-order valence-electron chi connectivity index (χ2n) is 11.7. The van der Waals surface area contributed by atoms with Crippen LogP contribution in [0.3, 0.4) is 0 Å². The molecular weight excluding hydrogens is 1410 g/mol. The number of ether oxygens (including phenoxy) is 1. The van der Waals surface area contributed by atoms with Crippen LogP contribution >= 0.6 is 96.2 Å². The maximum atomic E-state index is 11.2. The summed E-state index contributed by atoms with van der Waals surface area (Å²) in [6, 6.07) is 12.7. The molecule has 0 saturated heterocycles. The van der Waals surface area contributed by atoms with Crippen molar-refractivity contribution in [2.75, 3.05) is 0 Å². The number of alkyl halides is 3. The standard InChI is InChI=1S/C15H19O3P.C9H9I3.2C5H10.C4H6O2.4CHO.2CH3.2Fe.2H3P.3V/c1-10(16)4-13-6-14(5-11(2)17)8-15(7-13)9-19-12(3)18;10-4-7-1-8(5-11)3-9(2-7)6-12;2*1-2-4-5-3-1;1-3-6-4(2)5;4*1-2;;;;;;;;;/h6-8,19H,4-5,9H2,1-3H3;1-3H,4-6H2;2*1-5H2;3H,1H2,2H3;4*1H;2*1H3;;;2*1H3;;;/q;;;;;6*-1;;;;;;;. The van der Waals surface area contributed by atoms with E-state index in [9.17, 15) is 19.2 Å². The van der Waals surface area contributed by atoms with Crippen molar-refractivity contribution < 1.29 is 126 Å².